The van der Waals surface area contributed by atoms with Crippen molar-refractivity contribution in [1.82, 2.24) is 4.98 Å². The Bertz CT molecular complexity index is 404. The molecule has 0 aromatic carbocycles. The number of anilines is 1. The summed E-state index contributed by atoms with van der Waals surface area (Å²) in [5.41, 5.74) is 6.39. The van der Waals surface area contributed by atoms with Crippen molar-refractivity contribution >= 4 is 11.6 Å². The Labute approximate surface area is 100 Å². The Morgan fingerprint density at radius 3 is 2.88 bits per heavy atom. The number of nitrogens with two attached hydrogens (primary N) is 1. The molecule has 1 aromatic rings. The number of aromatic nitrogens is 1. The van der Waals surface area contributed by atoms with Crippen LogP contribution >= 0.6 is 0 Å². The lowest BCUT2D eigenvalue weighted by molar-refractivity contribution is 0.0995. The molecule has 0 radical (unpaired) electrons. The second-order valence-electron chi connectivity index (χ2n) is 4.27. The van der Waals surface area contributed by atoms with E-state index in [0.29, 0.717) is 12.6 Å². The largest absolute Gasteiger partial charge is 0.395 e. The van der Waals surface area contributed by atoms with Gasteiger partial charge in [0.1, 0.15) is 5.69 Å². The van der Waals surface area contributed by atoms with Crippen LogP contribution in [0.4, 0.5) is 5.69 Å². The number of amides is 1. The van der Waals surface area contributed by atoms with E-state index >= 15 is 0 Å². The number of aliphatic hydroxyl groups is 1. The summed E-state index contributed by atoms with van der Waals surface area (Å²) in [6.45, 7) is 0.678. The molecule has 2 rings (SSSR count). The van der Waals surface area contributed by atoms with Crippen LogP contribution in [0.25, 0.3) is 0 Å². The fraction of sp³-hybridized carbons (Fsp3) is 0.500. The van der Waals surface area contributed by atoms with Crippen molar-refractivity contribution in [3.8, 4) is 0 Å². The molecule has 1 aromatic heterocycles. The van der Waals surface area contributed by atoms with E-state index in [0.717, 1.165) is 18.5 Å². The van der Waals surface area contributed by atoms with E-state index in [4.69, 9.17) is 10.8 Å². The molecule has 1 amide bonds. The highest BCUT2D eigenvalue weighted by Gasteiger charge is 2.25. The minimum Gasteiger partial charge on any atom is -0.395 e. The summed E-state index contributed by atoms with van der Waals surface area (Å²) in [4.78, 5) is 17.1. The highest BCUT2D eigenvalue weighted by Crippen LogP contribution is 2.29. The fourth-order valence-electron chi connectivity index (χ4n) is 2.06. The Balaban J connectivity index is 2.22. The summed E-state index contributed by atoms with van der Waals surface area (Å²) in [6, 6.07) is 4.00. The van der Waals surface area contributed by atoms with Gasteiger partial charge in [-0.1, -0.05) is 0 Å². The molecule has 5 heteroatoms. The molecule has 1 heterocycles. The lowest BCUT2D eigenvalue weighted by Gasteiger charge is -2.39. The first-order chi connectivity index (χ1) is 8.22. The van der Waals surface area contributed by atoms with Gasteiger partial charge in [0.25, 0.3) is 5.91 Å². The molecular weight excluding hydrogens is 218 g/mol. The van der Waals surface area contributed by atoms with Crippen molar-refractivity contribution in [2.24, 2.45) is 5.73 Å². The number of nitrogens with zero attached hydrogens (tertiary/aromatic N) is 2. The highest BCUT2D eigenvalue weighted by atomic mass is 16.3. The van der Waals surface area contributed by atoms with Crippen molar-refractivity contribution < 1.29 is 9.90 Å². The number of rotatable bonds is 5. The van der Waals surface area contributed by atoms with E-state index in [1.165, 1.54) is 6.42 Å². The average Bonchev–Trinajstić information content (AvgIpc) is 2.26. The van der Waals surface area contributed by atoms with Crippen molar-refractivity contribution in [2.75, 3.05) is 18.1 Å². The van der Waals surface area contributed by atoms with E-state index in [2.05, 4.69) is 9.88 Å². The monoisotopic (exact) mass is 235 g/mol. The van der Waals surface area contributed by atoms with Crippen molar-refractivity contribution in [1.29, 1.82) is 0 Å². The zero-order valence-corrected chi connectivity index (χ0v) is 9.67. The van der Waals surface area contributed by atoms with Crippen LogP contribution in [0.2, 0.25) is 0 Å². The fourth-order valence-corrected chi connectivity index (χ4v) is 2.06. The Morgan fingerprint density at radius 2 is 2.35 bits per heavy atom. The van der Waals surface area contributed by atoms with Gasteiger partial charge in [-0.2, -0.15) is 0 Å². The van der Waals surface area contributed by atoms with Gasteiger partial charge in [-0.3, -0.25) is 9.78 Å². The molecular formula is C12H17N3O2. The summed E-state index contributed by atoms with van der Waals surface area (Å²) in [6.07, 6.45) is 5.07. The van der Waals surface area contributed by atoms with Crippen LogP contribution in [0.5, 0.6) is 0 Å². The van der Waals surface area contributed by atoms with Crippen molar-refractivity contribution in [3.63, 3.8) is 0 Å². The van der Waals surface area contributed by atoms with E-state index in [-0.39, 0.29) is 12.3 Å². The third-order valence-electron chi connectivity index (χ3n) is 3.18. The summed E-state index contributed by atoms with van der Waals surface area (Å²) in [5.74, 6) is -0.524. The maximum Gasteiger partial charge on any atom is 0.267 e. The first kappa shape index (κ1) is 11.9. The van der Waals surface area contributed by atoms with Crippen molar-refractivity contribution in [2.45, 2.75) is 25.3 Å². The van der Waals surface area contributed by atoms with Gasteiger partial charge in [0.2, 0.25) is 0 Å². The van der Waals surface area contributed by atoms with Gasteiger partial charge in [-0.25, -0.2) is 0 Å². The molecule has 1 fully saturated rings. The Hall–Kier alpha value is -1.62. The van der Waals surface area contributed by atoms with Gasteiger partial charge in [0.15, 0.2) is 0 Å². The second-order valence-corrected chi connectivity index (χ2v) is 4.27. The summed E-state index contributed by atoms with van der Waals surface area (Å²) in [7, 11) is 0. The first-order valence-corrected chi connectivity index (χ1v) is 5.85. The third kappa shape index (κ3) is 2.55. The number of carbonyl (C=O) groups is 1. The molecule has 0 spiro atoms. The van der Waals surface area contributed by atoms with Crippen LogP contribution in [0.3, 0.4) is 0 Å². The predicted octanol–water partition coefficient (Wildman–Crippen LogP) is 0.532. The highest BCUT2D eigenvalue weighted by molar-refractivity contribution is 5.91. The molecule has 17 heavy (non-hydrogen) atoms. The first-order valence-electron chi connectivity index (χ1n) is 5.85. The van der Waals surface area contributed by atoms with Gasteiger partial charge in [0, 0.05) is 24.5 Å². The Morgan fingerprint density at radius 1 is 1.59 bits per heavy atom. The maximum atomic E-state index is 11.1. The van der Waals surface area contributed by atoms with Gasteiger partial charge in [-0.15, -0.1) is 0 Å². The molecule has 0 atom stereocenters. The van der Waals surface area contributed by atoms with Gasteiger partial charge < -0.3 is 15.7 Å². The van der Waals surface area contributed by atoms with Crippen LogP contribution in [0.1, 0.15) is 29.8 Å². The minimum absolute atomic E-state index is 0.102. The lowest BCUT2D eigenvalue weighted by Crippen LogP contribution is -2.42. The zero-order chi connectivity index (χ0) is 12.3. The van der Waals surface area contributed by atoms with Crippen LogP contribution in [-0.2, 0) is 0 Å². The molecule has 0 bridgehead atoms. The molecule has 0 aliphatic heterocycles. The zero-order valence-electron chi connectivity index (χ0n) is 9.67. The minimum atomic E-state index is -0.524. The predicted molar refractivity (Wildman–Crippen MR) is 64.8 cm³/mol. The van der Waals surface area contributed by atoms with Crippen LogP contribution in [0.15, 0.2) is 18.3 Å². The average molecular weight is 235 g/mol. The molecule has 1 aliphatic carbocycles. The topological polar surface area (TPSA) is 79.5 Å². The molecule has 3 N–H and O–H groups in total. The summed E-state index contributed by atoms with van der Waals surface area (Å²) < 4.78 is 0. The number of primary amides is 1. The SMILES string of the molecule is NC(=O)c1cc(N(CCO)C2CCC2)ccn1. The lowest BCUT2D eigenvalue weighted by atomic mass is 9.91. The van der Waals surface area contributed by atoms with E-state index < -0.39 is 5.91 Å². The van der Waals surface area contributed by atoms with Crippen LogP contribution in [-0.4, -0.2) is 35.2 Å². The van der Waals surface area contributed by atoms with Crippen LogP contribution in [0, 0.1) is 0 Å². The number of hydrogen-bond acceptors (Lipinski definition) is 4. The van der Waals surface area contributed by atoms with Crippen molar-refractivity contribution in [3.05, 3.63) is 24.0 Å². The van der Waals surface area contributed by atoms with E-state index in [1.54, 1.807) is 12.3 Å². The molecule has 1 aliphatic rings. The summed E-state index contributed by atoms with van der Waals surface area (Å²) in [5, 5.41) is 9.10. The number of aliphatic hydroxyl groups excluding tert-OH is 1. The third-order valence-corrected chi connectivity index (χ3v) is 3.18. The molecule has 1 saturated carbocycles. The molecule has 0 unspecified atom stereocenters. The van der Waals surface area contributed by atoms with Gasteiger partial charge >= 0.3 is 0 Å². The molecule has 5 nitrogen and oxygen atoms in total. The van der Waals surface area contributed by atoms with Crippen LogP contribution < -0.4 is 10.6 Å². The smallest absolute Gasteiger partial charge is 0.267 e. The van der Waals surface area contributed by atoms with Gasteiger partial charge in [-0.05, 0) is 31.4 Å². The molecule has 92 valence electrons. The second kappa shape index (κ2) is 5.14. The number of hydrogen-bond donors (Lipinski definition) is 2. The normalized spacial score (nSPS) is 15.4. The summed E-state index contributed by atoms with van der Waals surface area (Å²) >= 11 is 0. The van der Waals surface area contributed by atoms with E-state index in [9.17, 15) is 4.79 Å². The standard InChI is InChI=1S/C12H17N3O2/c13-12(17)11-8-10(4-5-14-11)15(6-7-16)9-2-1-3-9/h4-5,8-9,16H,1-3,6-7H2,(H2,13,17). The molecule has 0 saturated heterocycles. The maximum absolute atomic E-state index is 11.1. The van der Waals surface area contributed by atoms with E-state index in [1.807, 2.05) is 6.07 Å². The number of pyridine rings is 1. The van der Waals surface area contributed by atoms with Gasteiger partial charge in [0.05, 0.1) is 6.61 Å². The number of carbonyl (C=O) groups excluding carboxylic acids is 1. The quantitative estimate of drug-likeness (QED) is 0.780. The Kier molecular flexibility index (Phi) is 3.58.